The lowest BCUT2D eigenvalue weighted by atomic mass is 10.1. The van der Waals surface area contributed by atoms with Gasteiger partial charge in [-0.1, -0.05) is 37.2 Å². The predicted molar refractivity (Wildman–Crippen MR) is 76.3 cm³/mol. The van der Waals surface area contributed by atoms with Gasteiger partial charge in [-0.05, 0) is 18.1 Å². The molecule has 0 aliphatic rings. The molecule has 1 amide bonds. The highest BCUT2D eigenvalue weighted by atomic mass is 16.5. The number of carboxylic acid groups (broad SMARTS) is 1. The van der Waals surface area contributed by atoms with Crippen LogP contribution in [0.5, 0.6) is 0 Å². The van der Waals surface area contributed by atoms with Crippen LogP contribution in [-0.4, -0.2) is 28.7 Å². The van der Waals surface area contributed by atoms with Crippen molar-refractivity contribution in [2.45, 2.75) is 19.8 Å². The highest BCUT2D eigenvalue weighted by Crippen LogP contribution is 2.19. The molecule has 1 N–H and O–H groups in total. The fourth-order valence-corrected chi connectivity index (χ4v) is 1.82. The molecule has 1 heterocycles. The number of anilines is 1. The van der Waals surface area contributed by atoms with Crippen molar-refractivity contribution in [3.05, 3.63) is 47.9 Å². The molecule has 0 saturated heterocycles. The van der Waals surface area contributed by atoms with Crippen LogP contribution in [0.2, 0.25) is 0 Å². The number of carbonyl (C=O) groups excluding carboxylic acids is 1. The van der Waals surface area contributed by atoms with Crippen LogP contribution in [0.4, 0.5) is 5.69 Å². The van der Waals surface area contributed by atoms with Gasteiger partial charge in [0.05, 0.1) is 5.69 Å². The first kappa shape index (κ1) is 14.8. The first-order valence-corrected chi connectivity index (χ1v) is 6.54. The van der Waals surface area contributed by atoms with Gasteiger partial charge in [-0.2, -0.15) is 0 Å². The van der Waals surface area contributed by atoms with E-state index in [0.717, 1.165) is 4.90 Å². The van der Waals surface area contributed by atoms with Crippen molar-refractivity contribution in [1.29, 1.82) is 0 Å². The summed E-state index contributed by atoms with van der Waals surface area (Å²) >= 11 is 0. The number of amides is 1. The van der Waals surface area contributed by atoms with Gasteiger partial charge in [-0.25, -0.2) is 0 Å². The Kier molecular flexibility index (Phi) is 4.37. The molecule has 2 aromatic rings. The second-order valence-electron chi connectivity index (χ2n) is 4.89. The Morgan fingerprint density at radius 2 is 1.95 bits per heavy atom. The Hall–Kier alpha value is -2.63. The summed E-state index contributed by atoms with van der Waals surface area (Å²) < 4.78 is 5.04. The fourth-order valence-electron chi connectivity index (χ4n) is 1.82. The Morgan fingerprint density at radius 3 is 2.48 bits per heavy atom. The lowest BCUT2D eigenvalue weighted by molar-refractivity contribution is -0.135. The molecule has 6 nitrogen and oxygen atoms in total. The van der Waals surface area contributed by atoms with Gasteiger partial charge in [0, 0.05) is 11.8 Å². The minimum absolute atomic E-state index is 0.0313. The average molecular weight is 288 g/mol. The Morgan fingerprint density at radius 1 is 1.29 bits per heavy atom. The van der Waals surface area contributed by atoms with Crippen molar-refractivity contribution >= 4 is 17.6 Å². The van der Waals surface area contributed by atoms with E-state index in [0.29, 0.717) is 11.4 Å². The maximum atomic E-state index is 12.4. The third-order valence-electron chi connectivity index (χ3n) is 2.94. The molecule has 1 aromatic heterocycles. The molecular formula is C15H16N2O4. The zero-order valence-corrected chi connectivity index (χ0v) is 11.8. The van der Waals surface area contributed by atoms with E-state index in [1.54, 1.807) is 36.4 Å². The summed E-state index contributed by atoms with van der Waals surface area (Å²) in [5.74, 6) is -1.47. The Balaban J connectivity index is 2.31. The van der Waals surface area contributed by atoms with E-state index in [2.05, 4.69) is 5.16 Å². The summed E-state index contributed by atoms with van der Waals surface area (Å²) in [6.07, 6.45) is 0. The second-order valence-corrected chi connectivity index (χ2v) is 4.89. The van der Waals surface area contributed by atoms with Gasteiger partial charge in [0.2, 0.25) is 5.76 Å². The summed E-state index contributed by atoms with van der Waals surface area (Å²) in [6.45, 7) is 3.41. The van der Waals surface area contributed by atoms with Crippen LogP contribution in [0.3, 0.4) is 0 Å². The Labute approximate surface area is 122 Å². The molecule has 0 aliphatic carbocycles. The molecule has 0 unspecified atom stereocenters. The largest absolute Gasteiger partial charge is 0.480 e. The van der Waals surface area contributed by atoms with Crippen LogP contribution in [-0.2, 0) is 4.79 Å². The number of hydrogen-bond acceptors (Lipinski definition) is 4. The van der Waals surface area contributed by atoms with Crippen molar-refractivity contribution in [1.82, 2.24) is 5.16 Å². The molecule has 0 bridgehead atoms. The van der Waals surface area contributed by atoms with Gasteiger partial charge in [0.25, 0.3) is 5.91 Å². The summed E-state index contributed by atoms with van der Waals surface area (Å²) in [4.78, 5) is 24.6. The minimum atomic E-state index is -1.10. The third kappa shape index (κ3) is 3.47. The number of carboxylic acids is 1. The maximum Gasteiger partial charge on any atom is 0.323 e. The van der Waals surface area contributed by atoms with Gasteiger partial charge in [-0.3, -0.25) is 14.5 Å². The average Bonchev–Trinajstić information content (AvgIpc) is 2.95. The van der Waals surface area contributed by atoms with E-state index in [1.807, 2.05) is 13.8 Å². The monoisotopic (exact) mass is 288 g/mol. The first-order chi connectivity index (χ1) is 9.99. The van der Waals surface area contributed by atoms with Gasteiger partial charge < -0.3 is 9.63 Å². The third-order valence-corrected chi connectivity index (χ3v) is 2.94. The second kappa shape index (κ2) is 6.21. The van der Waals surface area contributed by atoms with Gasteiger partial charge in [-0.15, -0.1) is 0 Å². The number of benzene rings is 1. The number of aromatic nitrogens is 1. The molecule has 2 rings (SSSR count). The Bertz CT molecular complexity index is 634. The van der Waals surface area contributed by atoms with Crippen molar-refractivity contribution in [3.8, 4) is 0 Å². The highest BCUT2D eigenvalue weighted by Gasteiger charge is 2.24. The SMILES string of the molecule is CC(C)c1cc(C(=O)N(CC(=O)O)c2ccccc2)on1. The van der Waals surface area contributed by atoms with Crippen LogP contribution in [0.1, 0.15) is 36.0 Å². The molecular weight excluding hydrogens is 272 g/mol. The molecule has 0 fully saturated rings. The van der Waals surface area contributed by atoms with Crippen molar-refractivity contribution in [3.63, 3.8) is 0 Å². The highest BCUT2D eigenvalue weighted by molar-refractivity contribution is 6.06. The van der Waals surface area contributed by atoms with Crippen LogP contribution in [0.15, 0.2) is 40.9 Å². The quantitative estimate of drug-likeness (QED) is 0.914. The molecule has 6 heteroatoms. The maximum absolute atomic E-state index is 12.4. The van der Waals surface area contributed by atoms with E-state index < -0.39 is 18.4 Å². The summed E-state index contributed by atoms with van der Waals surface area (Å²) in [5.41, 5.74) is 1.15. The smallest absolute Gasteiger partial charge is 0.323 e. The molecule has 0 saturated carbocycles. The number of nitrogens with zero attached hydrogens (tertiary/aromatic N) is 2. The van der Waals surface area contributed by atoms with Gasteiger partial charge in [0.1, 0.15) is 6.54 Å². The lowest BCUT2D eigenvalue weighted by Gasteiger charge is -2.19. The normalized spacial score (nSPS) is 10.6. The number of para-hydroxylation sites is 1. The first-order valence-electron chi connectivity index (χ1n) is 6.54. The fraction of sp³-hybridized carbons (Fsp3) is 0.267. The lowest BCUT2D eigenvalue weighted by Crippen LogP contribution is -2.35. The van der Waals surface area contributed by atoms with Crippen LogP contribution >= 0.6 is 0 Å². The minimum Gasteiger partial charge on any atom is -0.480 e. The van der Waals surface area contributed by atoms with E-state index in [1.165, 1.54) is 0 Å². The number of rotatable bonds is 5. The predicted octanol–water partition coefficient (Wildman–Crippen LogP) is 2.53. The molecule has 0 radical (unpaired) electrons. The molecule has 110 valence electrons. The molecule has 0 atom stereocenters. The van der Waals surface area contributed by atoms with E-state index in [-0.39, 0.29) is 11.7 Å². The number of aliphatic carboxylic acids is 1. The molecule has 1 aromatic carbocycles. The van der Waals surface area contributed by atoms with Crippen molar-refractivity contribution in [2.75, 3.05) is 11.4 Å². The van der Waals surface area contributed by atoms with Crippen LogP contribution in [0, 0.1) is 0 Å². The van der Waals surface area contributed by atoms with E-state index >= 15 is 0 Å². The summed E-state index contributed by atoms with van der Waals surface area (Å²) in [6, 6.07) is 10.1. The van der Waals surface area contributed by atoms with Gasteiger partial charge in [0.15, 0.2) is 0 Å². The van der Waals surface area contributed by atoms with Crippen LogP contribution in [0.25, 0.3) is 0 Å². The van der Waals surface area contributed by atoms with Gasteiger partial charge >= 0.3 is 5.97 Å². The van der Waals surface area contributed by atoms with E-state index in [4.69, 9.17) is 9.63 Å². The van der Waals surface area contributed by atoms with Crippen molar-refractivity contribution in [2.24, 2.45) is 0 Å². The zero-order chi connectivity index (χ0) is 15.4. The number of carbonyl (C=O) groups is 2. The molecule has 0 spiro atoms. The van der Waals surface area contributed by atoms with Crippen LogP contribution < -0.4 is 4.90 Å². The van der Waals surface area contributed by atoms with E-state index in [9.17, 15) is 9.59 Å². The topological polar surface area (TPSA) is 83.6 Å². The summed E-state index contributed by atoms with van der Waals surface area (Å²) in [7, 11) is 0. The molecule has 21 heavy (non-hydrogen) atoms. The molecule has 0 aliphatic heterocycles. The summed E-state index contributed by atoms with van der Waals surface area (Å²) in [5, 5.41) is 12.8. The number of hydrogen-bond donors (Lipinski definition) is 1. The standard InChI is InChI=1S/C15H16N2O4/c1-10(2)12-8-13(21-16-12)15(20)17(9-14(18)19)11-6-4-3-5-7-11/h3-8,10H,9H2,1-2H3,(H,18,19). The van der Waals surface area contributed by atoms with Crippen molar-refractivity contribution < 1.29 is 19.2 Å². The zero-order valence-electron chi connectivity index (χ0n) is 11.8.